The standard InChI is InChI=1S/C19H18F4O3/c1-3-25-18(26-4-2)14-8-6-5-7-13(14)17(24)15-10-9-12(11-16(15)20)19(21,22)23/h5-11,18H,3-4H2,1-2H3. The molecule has 2 aromatic carbocycles. The number of benzene rings is 2. The number of hydrogen-bond donors (Lipinski definition) is 0. The van der Waals surface area contributed by atoms with E-state index in [1.807, 2.05) is 0 Å². The summed E-state index contributed by atoms with van der Waals surface area (Å²) in [5.74, 6) is -1.97. The van der Waals surface area contributed by atoms with Gasteiger partial charge in [-0.3, -0.25) is 4.79 Å². The van der Waals surface area contributed by atoms with E-state index in [9.17, 15) is 22.4 Å². The van der Waals surface area contributed by atoms with Gasteiger partial charge in [-0.1, -0.05) is 24.3 Å². The minimum atomic E-state index is -4.69. The van der Waals surface area contributed by atoms with Crippen LogP contribution in [0.4, 0.5) is 17.6 Å². The maximum atomic E-state index is 14.2. The molecule has 140 valence electrons. The van der Waals surface area contributed by atoms with Crippen LogP contribution < -0.4 is 0 Å². The fraction of sp³-hybridized carbons (Fsp3) is 0.316. The number of ketones is 1. The molecule has 0 spiro atoms. The van der Waals surface area contributed by atoms with Crippen LogP contribution in [0.15, 0.2) is 42.5 Å². The lowest BCUT2D eigenvalue weighted by Gasteiger charge is -2.20. The number of carbonyl (C=O) groups excluding carboxylic acids is 1. The molecule has 7 heteroatoms. The topological polar surface area (TPSA) is 35.5 Å². The van der Waals surface area contributed by atoms with Gasteiger partial charge in [-0.2, -0.15) is 13.2 Å². The summed E-state index contributed by atoms with van der Waals surface area (Å²) in [5.41, 5.74) is -1.10. The molecule has 0 fully saturated rings. The summed E-state index contributed by atoms with van der Waals surface area (Å²) in [4.78, 5) is 12.7. The van der Waals surface area contributed by atoms with Crippen molar-refractivity contribution in [2.24, 2.45) is 0 Å². The van der Waals surface area contributed by atoms with Crippen molar-refractivity contribution in [1.29, 1.82) is 0 Å². The highest BCUT2D eigenvalue weighted by molar-refractivity contribution is 6.10. The molecule has 0 aliphatic rings. The van der Waals surface area contributed by atoms with Gasteiger partial charge in [0.25, 0.3) is 0 Å². The van der Waals surface area contributed by atoms with E-state index in [1.165, 1.54) is 6.07 Å². The minimum Gasteiger partial charge on any atom is -0.349 e. The third kappa shape index (κ3) is 4.47. The van der Waals surface area contributed by atoms with Gasteiger partial charge in [0.2, 0.25) is 0 Å². The smallest absolute Gasteiger partial charge is 0.349 e. The summed E-state index contributed by atoms with van der Waals surface area (Å²) in [6.07, 6.45) is -5.52. The van der Waals surface area contributed by atoms with Crippen LogP contribution in [0.25, 0.3) is 0 Å². The number of halogens is 4. The first-order valence-corrected chi connectivity index (χ1v) is 8.03. The van der Waals surface area contributed by atoms with Crippen LogP contribution in [0, 0.1) is 5.82 Å². The maximum Gasteiger partial charge on any atom is 0.416 e. The Morgan fingerprint density at radius 2 is 1.62 bits per heavy atom. The summed E-state index contributed by atoms with van der Waals surface area (Å²) in [7, 11) is 0. The van der Waals surface area contributed by atoms with Crippen molar-refractivity contribution in [1.82, 2.24) is 0 Å². The molecule has 2 aromatic rings. The van der Waals surface area contributed by atoms with Crippen LogP contribution in [-0.4, -0.2) is 19.0 Å². The largest absolute Gasteiger partial charge is 0.416 e. The molecule has 0 unspecified atom stereocenters. The van der Waals surface area contributed by atoms with Gasteiger partial charge in [-0.25, -0.2) is 4.39 Å². The molecule has 0 radical (unpaired) electrons. The Bertz CT molecular complexity index is 766. The number of rotatable bonds is 7. The molecule has 0 amide bonds. The highest BCUT2D eigenvalue weighted by atomic mass is 19.4. The second-order valence-corrected chi connectivity index (χ2v) is 5.35. The maximum absolute atomic E-state index is 14.2. The van der Waals surface area contributed by atoms with E-state index >= 15 is 0 Å². The predicted molar refractivity (Wildman–Crippen MR) is 87.3 cm³/mol. The number of hydrogen-bond acceptors (Lipinski definition) is 3. The van der Waals surface area contributed by atoms with Crippen LogP contribution in [0.1, 0.15) is 47.2 Å². The van der Waals surface area contributed by atoms with E-state index in [4.69, 9.17) is 9.47 Å². The zero-order chi connectivity index (χ0) is 19.3. The van der Waals surface area contributed by atoms with Crippen molar-refractivity contribution >= 4 is 5.78 Å². The Hall–Kier alpha value is -2.25. The molecule has 0 aliphatic carbocycles. The SMILES string of the molecule is CCOC(OCC)c1ccccc1C(=O)c1ccc(C(F)(F)F)cc1F. The molecule has 0 heterocycles. The van der Waals surface area contributed by atoms with E-state index < -0.39 is 35.2 Å². The van der Waals surface area contributed by atoms with Crippen LogP contribution >= 0.6 is 0 Å². The quantitative estimate of drug-likeness (QED) is 0.384. The molecule has 26 heavy (non-hydrogen) atoms. The lowest BCUT2D eigenvalue weighted by molar-refractivity contribution is -0.140. The zero-order valence-corrected chi connectivity index (χ0v) is 14.3. The first-order chi connectivity index (χ1) is 12.3. The average Bonchev–Trinajstić information content (AvgIpc) is 2.60. The van der Waals surface area contributed by atoms with Gasteiger partial charge in [0.15, 0.2) is 12.1 Å². The fourth-order valence-corrected chi connectivity index (χ4v) is 2.46. The summed E-state index contributed by atoms with van der Waals surface area (Å²) in [6, 6.07) is 8.15. The molecule has 0 bridgehead atoms. The Labute approximate surface area is 148 Å². The Morgan fingerprint density at radius 1 is 1.00 bits per heavy atom. The van der Waals surface area contributed by atoms with Crippen molar-refractivity contribution in [3.05, 3.63) is 70.5 Å². The molecule has 3 nitrogen and oxygen atoms in total. The van der Waals surface area contributed by atoms with Crippen molar-refractivity contribution in [2.45, 2.75) is 26.3 Å². The molecule has 0 aromatic heterocycles. The molecular formula is C19H18F4O3. The molecule has 0 atom stereocenters. The van der Waals surface area contributed by atoms with Gasteiger partial charge >= 0.3 is 6.18 Å². The second-order valence-electron chi connectivity index (χ2n) is 5.35. The summed E-state index contributed by atoms with van der Waals surface area (Å²) in [6.45, 7) is 4.15. The van der Waals surface area contributed by atoms with E-state index in [-0.39, 0.29) is 5.56 Å². The molecule has 0 saturated carbocycles. The minimum absolute atomic E-state index is 0.109. The summed E-state index contributed by atoms with van der Waals surface area (Å²) in [5, 5.41) is 0. The van der Waals surface area contributed by atoms with Crippen molar-refractivity contribution in [3.63, 3.8) is 0 Å². The van der Waals surface area contributed by atoms with Gasteiger partial charge in [0.1, 0.15) is 5.82 Å². The second kappa shape index (κ2) is 8.42. The highest BCUT2D eigenvalue weighted by Gasteiger charge is 2.32. The molecule has 0 saturated heterocycles. The number of ether oxygens (including phenoxy) is 2. The molecule has 2 rings (SSSR count). The van der Waals surface area contributed by atoms with Crippen molar-refractivity contribution < 1.29 is 31.8 Å². The Balaban J connectivity index is 2.45. The normalized spacial score (nSPS) is 11.8. The van der Waals surface area contributed by atoms with E-state index in [1.54, 1.807) is 32.0 Å². The third-order valence-corrected chi connectivity index (χ3v) is 3.64. The number of alkyl halides is 3. The predicted octanol–water partition coefficient (Wildman–Crippen LogP) is 5.15. The van der Waals surface area contributed by atoms with Gasteiger partial charge in [0.05, 0.1) is 11.1 Å². The van der Waals surface area contributed by atoms with Gasteiger partial charge in [-0.05, 0) is 32.0 Å². The average molecular weight is 370 g/mol. The highest BCUT2D eigenvalue weighted by Crippen LogP contribution is 2.31. The molecular weight excluding hydrogens is 352 g/mol. The first-order valence-electron chi connectivity index (χ1n) is 8.03. The first kappa shape index (κ1) is 20.1. The lowest BCUT2D eigenvalue weighted by atomic mass is 9.96. The van der Waals surface area contributed by atoms with E-state index in [2.05, 4.69) is 0 Å². The van der Waals surface area contributed by atoms with Crippen LogP contribution in [0.2, 0.25) is 0 Å². The monoisotopic (exact) mass is 370 g/mol. The number of carbonyl (C=O) groups is 1. The fourth-order valence-electron chi connectivity index (χ4n) is 2.46. The van der Waals surface area contributed by atoms with E-state index in [0.717, 1.165) is 6.07 Å². The zero-order valence-electron chi connectivity index (χ0n) is 14.3. The summed E-state index contributed by atoms with van der Waals surface area (Å²) < 4.78 is 63.1. The summed E-state index contributed by atoms with van der Waals surface area (Å²) >= 11 is 0. The Morgan fingerprint density at radius 3 is 2.15 bits per heavy atom. The molecule has 0 aliphatic heterocycles. The van der Waals surface area contributed by atoms with Gasteiger partial charge in [0, 0.05) is 24.3 Å². The Kier molecular flexibility index (Phi) is 6.50. The van der Waals surface area contributed by atoms with Crippen LogP contribution in [-0.2, 0) is 15.7 Å². The van der Waals surface area contributed by atoms with Gasteiger partial charge < -0.3 is 9.47 Å². The van der Waals surface area contributed by atoms with Crippen LogP contribution in [0.5, 0.6) is 0 Å². The lowest BCUT2D eigenvalue weighted by Crippen LogP contribution is -2.15. The van der Waals surface area contributed by atoms with Crippen LogP contribution in [0.3, 0.4) is 0 Å². The van der Waals surface area contributed by atoms with Crippen molar-refractivity contribution in [2.75, 3.05) is 13.2 Å². The van der Waals surface area contributed by atoms with Gasteiger partial charge in [-0.15, -0.1) is 0 Å². The van der Waals surface area contributed by atoms with Crippen molar-refractivity contribution in [3.8, 4) is 0 Å². The third-order valence-electron chi connectivity index (χ3n) is 3.64. The van der Waals surface area contributed by atoms with E-state index in [0.29, 0.717) is 30.9 Å². The molecule has 0 N–H and O–H groups in total.